The zero-order chi connectivity index (χ0) is 17.6. The second-order valence-electron chi connectivity index (χ2n) is 5.92. The average Bonchev–Trinajstić information content (AvgIpc) is 3.15. The van der Waals surface area contributed by atoms with Crippen LogP contribution in [-0.2, 0) is 14.3 Å². The molecule has 8 nitrogen and oxygen atoms in total. The van der Waals surface area contributed by atoms with Crippen molar-refractivity contribution < 1.29 is 29.5 Å². The summed E-state index contributed by atoms with van der Waals surface area (Å²) in [6, 6.07) is -0.718. The quantitative estimate of drug-likeness (QED) is 0.463. The number of hydrogen-bond donors (Lipinski definition) is 3. The largest absolute Gasteiger partial charge is 0.480 e. The first-order valence-corrected chi connectivity index (χ1v) is 7.97. The molecule has 0 amide bonds. The van der Waals surface area contributed by atoms with E-state index >= 15 is 0 Å². The van der Waals surface area contributed by atoms with Crippen LogP contribution in [0.15, 0.2) is 0 Å². The van der Waals surface area contributed by atoms with Gasteiger partial charge in [0.15, 0.2) is 0 Å². The maximum atomic E-state index is 11.2. The molecule has 0 saturated carbocycles. The molecule has 2 heterocycles. The van der Waals surface area contributed by atoms with Gasteiger partial charge in [-0.25, -0.2) is 0 Å². The first kappa shape index (κ1) is 20.0. The molecule has 23 heavy (non-hydrogen) atoms. The number of methoxy groups -OCH3 is 1. The summed E-state index contributed by atoms with van der Waals surface area (Å²) < 4.78 is 4.62. The topological polar surface area (TPSA) is 111 Å². The van der Waals surface area contributed by atoms with E-state index in [0.717, 1.165) is 25.8 Å². The van der Waals surface area contributed by atoms with Gasteiger partial charge in [-0.2, -0.15) is 0 Å². The lowest BCUT2D eigenvalue weighted by Crippen LogP contribution is -2.45. The van der Waals surface area contributed by atoms with E-state index in [1.54, 1.807) is 23.3 Å². The highest BCUT2D eigenvalue weighted by Crippen LogP contribution is 2.19. The number of nitrogens with zero attached hydrogens (tertiary/aromatic N) is 2. The maximum absolute atomic E-state index is 11.2. The van der Waals surface area contributed by atoms with E-state index < -0.39 is 26.1 Å². The summed E-state index contributed by atoms with van der Waals surface area (Å²) in [4.78, 5) is 25.1. The van der Waals surface area contributed by atoms with Crippen LogP contribution >= 0.6 is 0 Å². The minimum atomic E-state index is -0.830. The van der Waals surface area contributed by atoms with Gasteiger partial charge in [-0.15, -0.1) is 0 Å². The molecule has 2 rings (SSSR count). The highest BCUT2D eigenvalue weighted by molar-refractivity contribution is 6.46. The lowest BCUT2D eigenvalue weighted by atomic mass is 9.84. The van der Waals surface area contributed by atoms with Crippen molar-refractivity contribution in [1.82, 2.24) is 9.62 Å². The number of esters is 1. The van der Waals surface area contributed by atoms with Gasteiger partial charge in [0.25, 0.3) is 0 Å². The van der Waals surface area contributed by atoms with E-state index in [9.17, 15) is 14.6 Å². The Balaban J connectivity index is 0.000000231. The van der Waals surface area contributed by atoms with Crippen molar-refractivity contribution in [2.24, 2.45) is 0 Å². The smallest absolute Gasteiger partial charge is 0.377 e. The zero-order valence-electron chi connectivity index (χ0n) is 14.0. The Morgan fingerprint density at radius 2 is 1.43 bits per heavy atom. The SMILES string of the molecule is CB(O)N1CCCC1C(=O)O.COC(=O)C1CCCN1B(C)O. The standard InChI is InChI=1S/C7H14BNO3.C6H12BNO3/c1-8(11)9-5-3-4-6(9)7(10)12-2;1-7(11)8-4-2-3-5(8)6(9)10/h6,11H,3-5H2,1-2H3;5,11H,2-4H2,1H3,(H,9,10). The van der Waals surface area contributed by atoms with Gasteiger partial charge in [0.1, 0.15) is 12.1 Å². The summed E-state index contributed by atoms with van der Waals surface area (Å²) in [5, 5.41) is 27.1. The Hall–Kier alpha value is -1.09. The van der Waals surface area contributed by atoms with Crippen LogP contribution in [-0.4, -0.2) is 83.1 Å². The Morgan fingerprint density at radius 1 is 1.00 bits per heavy atom. The minimum absolute atomic E-state index is 0.241. The Labute approximate surface area is 137 Å². The van der Waals surface area contributed by atoms with Crippen LogP contribution in [0.3, 0.4) is 0 Å². The molecule has 2 atom stereocenters. The summed E-state index contributed by atoms with van der Waals surface area (Å²) in [6.45, 7) is 4.73. The third kappa shape index (κ3) is 5.49. The highest BCUT2D eigenvalue weighted by atomic mass is 16.5. The average molecular weight is 328 g/mol. The third-order valence-corrected chi connectivity index (χ3v) is 4.31. The summed E-state index contributed by atoms with van der Waals surface area (Å²) in [5.41, 5.74) is 0. The predicted molar refractivity (Wildman–Crippen MR) is 86.8 cm³/mol. The number of carbonyl (C=O) groups is 2. The predicted octanol–water partition coefficient (Wildman–Crippen LogP) is -0.620. The summed E-state index contributed by atoms with van der Waals surface area (Å²) in [6.07, 6.45) is 3.25. The van der Waals surface area contributed by atoms with Gasteiger partial charge in [-0.05, 0) is 52.4 Å². The third-order valence-electron chi connectivity index (χ3n) is 4.31. The van der Waals surface area contributed by atoms with Gasteiger partial charge in [0.2, 0.25) is 0 Å². The molecule has 2 saturated heterocycles. The van der Waals surface area contributed by atoms with Crippen molar-refractivity contribution in [3.05, 3.63) is 0 Å². The van der Waals surface area contributed by atoms with Gasteiger partial charge in [0.05, 0.1) is 7.11 Å². The van der Waals surface area contributed by atoms with E-state index in [1.165, 1.54) is 7.11 Å². The van der Waals surface area contributed by atoms with Crippen molar-refractivity contribution in [2.45, 2.75) is 51.4 Å². The molecule has 3 N–H and O–H groups in total. The number of carbonyl (C=O) groups excluding carboxylic acids is 1. The molecule has 0 spiro atoms. The van der Waals surface area contributed by atoms with Gasteiger partial charge < -0.3 is 29.5 Å². The van der Waals surface area contributed by atoms with Crippen LogP contribution in [0.1, 0.15) is 25.7 Å². The van der Waals surface area contributed by atoms with Crippen molar-refractivity contribution in [3.8, 4) is 0 Å². The van der Waals surface area contributed by atoms with Gasteiger partial charge in [0, 0.05) is 0 Å². The van der Waals surface area contributed by atoms with E-state index in [1.807, 2.05) is 0 Å². The van der Waals surface area contributed by atoms with E-state index in [0.29, 0.717) is 13.0 Å². The Morgan fingerprint density at radius 3 is 1.78 bits per heavy atom. The fourth-order valence-corrected chi connectivity index (χ4v) is 3.13. The second kappa shape index (κ2) is 9.27. The molecule has 0 aromatic heterocycles. The highest BCUT2D eigenvalue weighted by Gasteiger charge is 2.35. The number of aliphatic carboxylic acids is 1. The number of hydrogen-bond acceptors (Lipinski definition) is 7. The van der Waals surface area contributed by atoms with Crippen LogP contribution in [0.4, 0.5) is 0 Å². The van der Waals surface area contributed by atoms with Crippen LogP contribution < -0.4 is 0 Å². The van der Waals surface area contributed by atoms with Crippen LogP contribution in [0.25, 0.3) is 0 Å². The van der Waals surface area contributed by atoms with Crippen molar-refractivity contribution >= 4 is 26.0 Å². The van der Waals surface area contributed by atoms with Crippen molar-refractivity contribution in [3.63, 3.8) is 0 Å². The molecule has 0 radical (unpaired) electrons. The van der Waals surface area contributed by atoms with Crippen molar-refractivity contribution in [2.75, 3.05) is 20.2 Å². The van der Waals surface area contributed by atoms with Gasteiger partial charge in [-0.3, -0.25) is 9.59 Å². The number of carboxylic acid groups (broad SMARTS) is 1. The molecule has 0 aromatic rings. The van der Waals surface area contributed by atoms with E-state index in [-0.39, 0.29) is 12.0 Å². The van der Waals surface area contributed by atoms with E-state index in [2.05, 4.69) is 4.74 Å². The van der Waals surface area contributed by atoms with Gasteiger partial charge in [-0.1, -0.05) is 0 Å². The second-order valence-corrected chi connectivity index (χ2v) is 5.92. The van der Waals surface area contributed by atoms with Crippen LogP contribution in [0, 0.1) is 0 Å². The lowest BCUT2D eigenvalue weighted by Gasteiger charge is -2.22. The summed E-state index contributed by atoms with van der Waals surface area (Å²) in [7, 11) is 0.177. The zero-order valence-corrected chi connectivity index (χ0v) is 14.0. The monoisotopic (exact) mass is 328 g/mol. The Bertz CT molecular complexity index is 410. The number of ether oxygens (including phenoxy) is 1. The minimum Gasteiger partial charge on any atom is -0.480 e. The van der Waals surface area contributed by atoms with E-state index in [4.69, 9.17) is 10.1 Å². The maximum Gasteiger partial charge on any atom is 0.377 e. The molecule has 10 heteroatoms. The first-order valence-electron chi connectivity index (χ1n) is 7.97. The molecule has 0 aliphatic carbocycles. The normalized spacial score (nSPS) is 24.7. The molecule has 2 fully saturated rings. The molecule has 0 bridgehead atoms. The molecule has 2 aliphatic heterocycles. The van der Waals surface area contributed by atoms with Crippen LogP contribution in [0.2, 0.25) is 13.6 Å². The first-order chi connectivity index (χ1) is 10.8. The molecular formula is C13H26B2N2O6. The van der Waals surface area contributed by atoms with Crippen LogP contribution in [0.5, 0.6) is 0 Å². The molecule has 0 aromatic carbocycles. The Kier molecular flexibility index (Phi) is 8.04. The molecular weight excluding hydrogens is 302 g/mol. The van der Waals surface area contributed by atoms with Crippen molar-refractivity contribution in [1.29, 1.82) is 0 Å². The summed E-state index contributed by atoms with van der Waals surface area (Å²) in [5.74, 6) is -1.07. The molecule has 130 valence electrons. The number of carboxylic acids is 1. The summed E-state index contributed by atoms with van der Waals surface area (Å²) >= 11 is 0. The number of rotatable bonds is 4. The lowest BCUT2D eigenvalue weighted by molar-refractivity contribution is -0.144. The molecule has 2 unspecified atom stereocenters. The fraction of sp³-hybridized carbons (Fsp3) is 0.846. The molecule has 2 aliphatic rings. The fourth-order valence-electron chi connectivity index (χ4n) is 3.13. The van der Waals surface area contributed by atoms with Gasteiger partial charge >= 0.3 is 26.0 Å².